The molecule has 0 rings (SSSR count). The maximum absolute atomic E-state index is 6.04. The molecule has 0 aliphatic carbocycles. The highest BCUT2D eigenvalue weighted by molar-refractivity contribution is 8.68. The van der Waals surface area contributed by atoms with E-state index in [4.69, 9.17) is 20.9 Å². The molecule has 1 atom stereocenters. The SMILES string of the molecule is CCC(C)SP(=S)(OC(C)(C)C)OC(C)(C)C. The van der Waals surface area contributed by atoms with Crippen molar-refractivity contribution in [2.24, 2.45) is 0 Å². The zero-order chi connectivity index (χ0) is 13.9. The van der Waals surface area contributed by atoms with E-state index in [0.29, 0.717) is 5.25 Å². The average molecular weight is 298 g/mol. The van der Waals surface area contributed by atoms with Gasteiger partial charge in [0, 0.05) is 5.25 Å². The molecule has 0 amide bonds. The van der Waals surface area contributed by atoms with Crippen LogP contribution in [0.3, 0.4) is 0 Å². The number of hydrogen-bond acceptors (Lipinski definition) is 4. The summed E-state index contributed by atoms with van der Waals surface area (Å²) in [5.74, 6) is 0. The molecule has 0 radical (unpaired) electrons. The zero-order valence-corrected chi connectivity index (χ0v) is 14.9. The Morgan fingerprint density at radius 1 is 1.06 bits per heavy atom. The van der Waals surface area contributed by atoms with Crippen LogP contribution in [-0.2, 0) is 20.9 Å². The van der Waals surface area contributed by atoms with Crippen LogP contribution >= 0.6 is 17.1 Å². The first-order valence-electron chi connectivity index (χ1n) is 6.07. The van der Waals surface area contributed by atoms with E-state index in [1.807, 2.05) is 41.5 Å². The van der Waals surface area contributed by atoms with Gasteiger partial charge in [0.1, 0.15) is 0 Å². The molecule has 5 heteroatoms. The van der Waals surface area contributed by atoms with E-state index in [1.165, 1.54) is 0 Å². The van der Waals surface area contributed by atoms with Crippen LogP contribution < -0.4 is 0 Å². The molecule has 0 aromatic heterocycles. The summed E-state index contributed by atoms with van der Waals surface area (Å²) in [6, 6.07) is 0. The Labute approximate surface area is 116 Å². The first kappa shape index (κ1) is 17.9. The Balaban J connectivity index is 4.88. The molecule has 0 saturated heterocycles. The van der Waals surface area contributed by atoms with Crippen LogP contribution in [0.1, 0.15) is 61.8 Å². The molecule has 1 unspecified atom stereocenters. The maximum atomic E-state index is 6.04. The summed E-state index contributed by atoms with van der Waals surface area (Å²) >= 11 is 7.35. The van der Waals surface area contributed by atoms with Crippen molar-refractivity contribution < 1.29 is 9.05 Å². The van der Waals surface area contributed by atoms with Crippen molar-refractivity contribution in [1.29, 1.82) is 0 Å². The fourth-order valence-electron chi connectivity index (χ4n) is 1.03. The zero-order valence-electron chi connectivity index (χ0n) is 12.4. The third kappa shape index (κ3) is 9.49. The minimum Gasteiger partial charge on any atom is -0.316 e. The van der Waals surface area contributed by atoms with Crippen molar-refractivity contribution in [2.45, 2.75) is 78.3 Å². The molecule has 0 fully saturated rings. The smallest absolute Gasteiger partial charge is 0.248 e. The second-order valence-electron chi connectivity index (χ2n) is 6.18. The van der Waals surface area contributed by atoms with Crippen molar-refractivity contribution in [3.63, 3.8) is 0 Å². The van der Waals surface area contributed by atoms with Crippen molar-refractivity contribution in [3.8, 4) is 0 Å². The van der Waals surface area contributed by atoms with Crippen molar-refractivity contribution in [1.82, 2.24) is 0 Å². The number of rotatable bonds is 5. The molecular formula is C12H27O2PS2. The maximum Gasteiger partial charge on any atom is 0.248 e. The summed E-state index contributed by atoms with van der Waals surface area (Å²) in [7, 11) is 0. The highest BCUT2D eigenvalue weighted by atomic mass is 32.9. The third-order valence-electron chi connectivity index (χ3n) is 1.66. The van der Waals surface area contributed by atoms with E-state index in [9.17, 15) is 0 Å². The van der Waals surface area contributed by atoms with E-state index in [2.05, 4.69) is 13.8 Å². The second-order valence-corrected chi connectivity index (χ2v) is 12.7. The Bertz CT molecular complexity index is 259. The van der Waals surface area contributed by atoms with Gasteiger partial charge in [-0.25, -0.2) is 0 Å². The monoisotopic (exact) mass is 298 g/mol. The lowest BCUT2D eigenvalue weighted by molar-refractivity contribution is 0.0795. The lowest BCUT2D eigenvalue weighted by Gasteiger charge is -2.35. The van der Waals surface area contributed by atoms with Crippen LogP contribution in [-0.4, -0.2) is 16.5 Å². The van der Waals surface area contributed by atoms with Crippen LogP contribution in [0.4, 0.5) is 0 Å². The van der Waals surface area contributed by atoms with Gasteiger partial charge in [0.25, 0.3) is 0 Å². The summed E-state index contributed by atoms with van der Waals surface area (Å²) in [5, 5.41) is 0.463. The van der Waals surface area contributed by atoms with Gasteiger partial charge < -0.3 is 9.05 Å². The van der Waals surface area contributed by atoms with Gasteiger partial charge in [0.05, 0.1) is 11.2 Å². The summed E-state index contributed by atoms with van der Waals surface area (Å²) in [6.07, 6.45) is 1.07. The molecule has 0 heterocycles. The summed E-state index contributed by atoms with van der Waals surface area (Å²) in [4.78, 5) is 0. The largest absolute Gasteiger partial charge is 0.316 e. The molecule has 0 aliphatic rings. The summed E-state index contributed by atoms with van der Waals surface area (Å²) in [6.45, 7) is 16.5. The second kappa shape index (κ2) is 6.38. The standard InChI is InChI=1S/C12H27O2PS2/c1-9-10(2)17-15(16,13-11(3,4)5)14-12(6,7)8/h10H,9H2,1-8H3. The predicted octanol–water partition coefficient (Wildman–Crippen LogP) is 5.37. The van der Waals surface area contributed by atoms with Crippen molar-refractivity contribution in [2.75, 3.05) is 0 Å². The third-order valence-corrected chi connectivity index (χ3v) is 7.67. The number of hydrogen-bond donors (Lipinski definition) is 0. The molecule has 0 aromatic rings. The van der Waals surface area contributed by atoms with Gasteiger partial charge in [-0.3, -0.25) is 0 Å². The van der Waals surface area contributed by atoms with Gasteiger partial charge >= 0.3 is 0 Å². The molecule has 0 saturated carbocycles. The van der Waals surface area contributed by atoms with Gasteiger partial charge in [-0.05, 0) is 59.8 Å². The minimum absolute atomic E-state index is 0.263. The van der Waals surface area contributed by atoms with Crippen LogP contribution in [0.5, 0.6) is 0 Å². The van der Waals surface area contributed by atoms with Gasteiger partial charge in [0.2, 0.25) is 5.69 Å². The van der Waals surface area contributed by atoms with Crippen LogP contribution in [0.15, 0.2) is 0 Å². The van der Waals surface area contributed by atoms with Gasteiger partial charge in [-0.1, -0.05) is 25.2 Å². The highest BCUT2D eigenvalue weighted by Crippen LogP contribution is 2.66. The lowest BCUT2D eigenvalue weighted by Crippen LogP contribution is -2.23. The molecular weight excluding hydrogens is 271 g/mol. The molecule has 104 valence electrons. The van der Waals surface area contributed by atoms with Crippen molar-refractivity contribution in [3.05, 3.63) is 0 Å². The van der Waals surface area contributed by atoms with E-state index >= 15 is 0 Å². The molecule has 0 aromatic carbocycles. The summed E-state index contributed by atoms with van der Waals surface area (Å²) < 4.78 is 12.1. The molecule has 0 N–H and O–H groups in total. The Morgan fingerprint density at radius 3 is 1.65 bits per heavy atom. The summed E-state index contributed by atoms with van der Waals surface area (Å²) in [5.41, 5.74) is -2.81. The lowest BCUT2D eigenvalue weighted by atomic mass is 10.2. The van der Waals surface area contributed by atoms with Crippen molar-refractivity contribution >= 4 is 28.9 Å². The molecule has 0 spiro atoms. The van der Waals surface area contributed by atoms with Gasteiger partial charge in [0.15, 0.2) is 0 Å². The van der Waals surface area contributed by atoms with E-state index in [1.54, 1.807) is 11.4 Å². The van der Waals surface area contributed by atoms with Gasteiger partial charge in [-0.2, -0.15) is 0 Å². The Morgan fingerprint density at radius 2 is 1.41 bits per heavy atom. The fraction of sp³-hybridized carbons (Fsp3) is 1.00. The Hall–Kier alpha value is 0.920. The van der Waals surface area contributed by atoms with E-state index in [0.717, 1.165) is 6.42 Å². The Kier molecular flexibility index (Phi) is 6.73. The fourth-order valence-corrected chi connectivity index (χ4v) is 9.12. The normalized spacial score (nSPS) is 16.0. The van der Waals surface area contributed by atoms with E-state index < -0.39 is 5.69 Å². The predicted molar refractivity (Wildman–Crippen MR) is 83.3 cm³/mol. The molecule has 2 nitrogen and oxygen atoms in total. The van der Waals surface area contributed by atoms with Crippen LogP contribution in [0.25, 0.3) is 0 Å². The van der Waals surface area contributed by atoms with Crippen LogP contribution in [0, 0.1) is 0 Å². The first-order chi connectivity index (χ1) is 7.37. The molecule has 0 bridgehead atoms. The highest BCUT2D eigenvalue weighted by Gasteiger charge is 2.33. The average Bonchev–Trinajstić information content (AvgIpc) is 1.94. The van der Waals surface area contributed by atoms with E-state index in [-0.39, 0.29) is 11.2 Å². The molecule has 0 aliphatic heterocycles. The minimum atomic E-state index is -2.29. The first-order valence-corrected chi connectivity index (χ1v) is 10.2. The molecule has 17 heavy (non-hydrogen) atoms. The van der Waals surface area contributed by atoms with Gasteiger partial charge in [-0.15, -0.1) is 0 Å². The topological polar surface area (TPSA) is 18.5 Å². The quantitative estimate of drug-likeness (QED) is 0.635. The van der Waals surface area contributed by atoms with Crippen LogP contribution in [0.2, 0.25) is 0 Å².